The number of pyridine rings is 2. The van der Waals surface area contributed by atoms with Crippen LogP contribution in [-0.4, -0.2) is 9.97 Å². The average Bonchev–Trinajstić information content (AvgIpc) is 2.62. The third-order valence-electron chi connectivity index (χ3n) is 4.01. The number of hydrogen-bond donors (Lipinski definition) is 1. The van der Waals surface area contributed by atoms with Gasteiger partial charge in [-0.05, 0) is 41.3 Å². The van der Waals surface area contributed by atoms with Crippen molar-refractivity contribution < 1.29 is 0 Å². The zero-order chi connectivity index (χ0) is 16.5. The lowest BCUT2D eigenvalue weighted by Gasteiger charge is -2.11. The molecule has 2 N–H and O–H groups in total. The van der Waals surface area contributed by atoms with Crippen LogP contribution in [0.25, 0.3) is 33.2 Å². The quantitative estimate of drug-likeness (QED) is 0.549. The number of nitrogens with zero attached hydrogens (tertiary/aromatic N) is 2. The predicted molar refractivity (Wildman–Crippen MR) is 99.8 cm³/mol. The maximum absolute atomic E-state index is 6.14. The summed E-state index contributed by atoms with van der Waals surface area (Å²) in [5.41, 5.74) is 9.98. The van der Waals surface area contributed by atoms with Gasteiger partial charge in [0, 0.05) is 33.9 Å². The molecule has 2 aromatic heterocycles. The summed E-state index contributed by atoms with van der Waals surface area (Å²) in [5.74, 6) is 0.530. The van der Waals surface area contributed by atoms with E-state index in [0.29, 0.717) is 10.8 Å². The predicted octanol–water partition coefficient (Wildman–Crippen LogP) is 5.20. The Morgan fingerprint density at radius 3 is 2.58 bits per heavy atom. The number of nitrogens with two attached hydrogens (primary N) is 1. The number of rotatable bonds is 2. The van der Waals surface area contributed by atoms with Gasteiger partial charge >= 0.3 is 0 Å². The Morgan fingerprint density at radius 2 is 1.71 bits per heavy atom. The smallest absolute Gasteiger partial charge is 0.131 e. The number of hydrogen-bond acceptors (Lipinski definition) is 3. The molecule has 0 fully saturated rings. The molecule has 0 saturated heterocycles. The molecule has 0 atom stereocenters. The van der Waals surface area contributed by atoms with Crippen LogP contribution in [0.5, 0.6) is 0 Å². The highest BCUT2D eigenvalue weighted by atomic mass is 35.5. The van der Waals surface area contributed by atoms with Crippen molar-refractivity contribution in [1.82, 2.24) is 9.97 Å². The van der Waals surface area contributed by atoms with Crippen molar-refractivity contribution >= 4 is 28.2 Å². The van der Waals surface area contributed by atoms with E-state index in [1.807, 2.05) is 36.4 Å². The van der Waals surface area contributed by atoms with E-state index in [9.17, 15) is 0 Å². The van der Waals surface area contributed by atoms with E-state index < -0.39 is 0 Å². The van der Waals surface area contributed by atoms with E-state index in [1.54, 1.807) is 12.4 Å². The number of benzene rings is 2. The summed E-state index contributed by atoms with van der Waals surface area (Å²) >= 11 is 6.14. The van der Waals surface area contributed by atoms with E-state index in [-0.39, 0.29) is 0 Å². The van der Waals surface area contributed by atoms with Gasteiger partial charge in [0.15, 0.2) is 0 Å². The molecule has 4 heteroatoms. The maximum atomic E-state index is 6.14. The topological polar surface area (TPSA) is 51.8 Å². The fourth-order valence-electron chi connectivity index (χ4n) is 2.86. The summed E-state index contributed by atoms with van der Waals surface area (Å²) < 4.78 is 0. The van der Waals surface area contributed by atoms with Gasteiger partial charge in [0.05, 0.1) is 5.69 Å². The Morgan fingerprint density at radius 1 is 0.792 bits per heavy atom. The second-order valence-electron chi connectivity index (χ2n) is 5.54. The SMILES string of the molecule is Nc1nccc2ccc(-c3cccnc3-c3cccc(Cl)c3)cc12. The summed E-state index contributed by atoms with van der Waals surface area (Å²) in [4.78, 5) is 8.74. The largest absolute Gasteiger partial charge is 0.383 e. The second kappa shape index (κ2) is 5.95. The third kappa shape index (κ3) is 2.59. The Bertz CT molecular complexity index is 1040. The Hall–Kier alpha value is -2.91. The molecule has 0 aliphatic heterocycles. The molecule has 0 aliphatic rings. The van der Waals surface area contributed by atoms with Crippen LogP contribution in [0.2, 0.25) is 5.02 Å². The summed E-state index contributed by atoms with van der Waals surface area (Å²) in [6, 6.07) is 19.8. The molecule has 0 unspecified atom stereocenters. The molecule has 116 valence electrons. The van der Waals surface area contributed by atoms with E-state index in [2.05, 4.69) is 34.2 Å². The fraction of sp³-hybridized carbons (Fsp3) is 0. The number of halogens is 1. The highest BCUT2D eigenvalue weighted by molar-refractivity contribution is 6.30. The van der Waals surface area contributed by atoms with Crippen molar-refractivity contribution in [3.05, 3.63) is 78.1 Å². The Balaban J connectivity index is 1.93. The lowest BCUT2D eigenvalue weighted by Crippen LogP contribution is -1.92. The van der Waals surface area contributed by atoms with Crippen LogP contribution in [0, 0.1) is 0 Å². The van der Waals surface area contributed by atoms with Crippen molar-refractivity contribution in [2.45, 2.75) is 0 Å². The molecular formula is C20H14ClN3. The van der Waals surface area contributed by atoms with Gasteiger partial charge in [-0.3, -0.25) is 4.98 Å². The Labute approximate surface area is 144 Å². The molecule has 4 rings (SSSR count). The van der Waals surface area contributed by atoms with Gasteiger partial charge in [-0.2, -0.15) is 0 Å². The van der Waals surface area contributed by atoms with E-state index in [0.717, 1.165) is 33.2 Å². The molecular weight excluding hydrogens is 318 g/mol. The van der Waals surface area contributed by atoms with Crippen molar-refractivity contribution in [1.29, 1.82) is 0 Å². The van der Waals surface area contributed by atoms with Crippen LogP contribution in [-0.2, 0) is 0 Å². The van der Waals surface area contributed by atoms with Gasteiger partial charge in [0.25, 0.3) is 0 Å². The molecule has 0 saturated carbocycles. The van der Waals surface area contributed by atoms with Crippen LogP contribution >= 0.6 is 11.6 Å². The minimum atomic E-state index is 0.530. The number of nitrogen functional groups attached to an aromatic ring is 1. The van der Waals surface area contributed by atoms with Crippen molar-refractivity contribution in [3.8, 4) is 22.4 Å². The van der Waals surface area contributed by atoms with Gasteiger partial charge in [-0.1, -0.05) is 41.9 Å². The minimum Gasteiger partial charge on any atom is -0.383 e. The van der Waals surface area contributed by atoms with Crippen LogP contribution in [0.4, 0.5) is 5.82 Å². The molecule has 0 spiro atoms. The molecule has 4 aromatic rings. The zero-order valence-electron chi connectivity index (χ0n) is 12.8. The highest BCUT2D eigenvalue weighted by Crippen LogP contribution is 2.33. The molecule has 2 aromatic carbocycles. The molecule has 0 aliphatic carbocycles. The Kier molecular flexibility index (Phi) is 3.63. The lowest BCUT2D eigenvalue weighted by atomic mass is 9.97. The van der Waals surface area contributed by atoms with Gasteiger partial charge in [-0.15, -0.1) is 0 Å². The van der Waals surface area contributed by atoms with Crippen LogP contribution in [0.1, 0.15) is 0 Å². The lowest BCUT2D eigenvalue weighted by molar-refractivity contribution is 1.32. The van der Waals surface area contributed by atoms with Gasteiger partial charge in [0.2, 0.25) is 0 Å². The first-order chi connectivity index (χ1) is 11.7. The third-order valence-corrected chi connectivity index (χ3v) is 4.25. The fourth-order valence-corrected chi connectivity index (χ4v) is 3.05. The van der Waals surface area contributed by atoms with Crippen LogP contribution in [0.3, 0.4) is 0 Å². The minimum absolute atomic E-state index is 0.530. The molecule has 24 heavy (non-hydrogen) atoms. The van der Waals surface area contributed by atoms with Crippen molar-refractivity contribution in [2.75, 3.05) is 5.73 Å². The van der Waals surface area contributed by atoms with E-state index in [4.69, 9.17) is 17.3 Å². The first-order valence-electron chi connectivity index (χ1n) is 7.58. The van der Waals surface area contributed by atoms with Crippen LogP contribution in [0.15, 0.2) is 73.1 Å². The van der Waals surface area contributed by atoms with Gasteiger partial charge in [0.1, 0.15) is 5.82 Å². The van der Waals surface area contributed by atoms with Crippen molar-refractivity contribution in [3.63, 3.8) is 0 Å². The second-order valence-corrected chi connectivity index (χ2v) is 5.98. The van der Waals surface area contributed by atoms with Crippen LogP contribution < -0.4 is 5.73 Å². The monoisotopic (exact) mass is 331 g/mol. The number of aromatic nitrogens is 2. The number of anilines is 1. The highest BCUT2D eigenvalue weighted by Gasteiger charge is 2.10. The van der Waals surface area contributed by atoms with Crippen molar-refractivity contribution in [2.24, 2.45) is 0 Å². The molecule has 2 heterocycles. The summed E-state index contributed by atoms with van der Waals surface area (Å²) in [6.07, 6.45) is 3.51. The summed E-state index contributed by atoms with van der Waals surface area (Å²) in [5, 5.41) is 2.70. The van der Waals surface area contributed by atoms with Gasteiger partial charge < -0.3 is 5.73 Å². The average molecular weight is 332 g/mol. The van der Waals surface area contributed by atoms with Gasteiger partial charge in [-0.25, -0.2) is 4.98 Å². The van der Waals surface area contributed by atoms with E-state index in [1.165, 1.54) is 0 Å². The standard InChI is InChI=1S/C20H14ClN3/c21-16-4-1-3-15(11-16)19-17(5-2-9-23-19)14-7-6-13-8-10-24-20(22)18(13)12-14/h1-12H,(H2,22,24). The molecule has 3 nitrogen and oxygen atoms in total. The van der Waals surface area contributed by atoms with E-state index >= 15 is 0 Å². The first kappa shape index (κ1) is 14.7. The maximum Gasteiger partial charge on any atom is 0.131 e. The summed E-state index contributed by atoms with van der Waals surface area (Å²) in [6.45, 7) is 0. The number of fused-ring (bicyclic) bond motifs is 1. The first-order valence-corrected chi connectivity index (χ1v) is 7.96. The molecule has 0 bridgehead atoms. The normalized spacial score (nSPS) is 10.9. The molecule has 0 amide bonds. The summed E-state index contributed by atoms with van der Waals surface area (Å²) in [7, 11) is 0. The molecule has 0 radical (unpaired) electrons. The zero-order valence-corrected chi connectivity index (χ0v) is 13.5.